The first-order valence-corrected chi connectivity index (χ1v) is 12.6. The van der Waals surface area contributed by atoms with Crippen LogP contribution in [0.25, 0.3) is 0 Å². The summed E-state index contributed by atoms with van der Waals surface area (Å²) in [7, 11) is 0. The Balaban J connectivity index is 1.39. The highest BCUT2D eigenvalue weighted by Crippen LogP contribution is 2.51. The summed E-state index contributed by atoms with van der Waals surface area (Å²) in [5.41, 5.74) is 0.0330. The van der Waals surface area contributed by atoms with Crippen LogP contribution in [0.1, 0.15) is 26.7 Å². The summed E-state index contributed by atoms with van der Waals surface area (Å²) in [5.74, 6) is -2.12. The molecule has 0 aliphatic carbocycles. The summed E-state index contributed by atoms with van der Waals surface area (Å²) in [5, 5.41) is 32.3. The molecule has 4 rings (SSSR count). The molecular weight excluding hydrogens is 448 g/mol. The Bertz CT molecular complexity index is 836. The fourth-order valence-corrected chi connectivity index (χ4v) is 7.09. The van der Waals surface area contributed by atoms with Gasteiger partial charge in [-0.05, 0) is 26.3 Å². The number of thioether (sulfide) groups is 1. The van der Waals surface area contributed by atoms with Gasteiger partial charge >= 0.3 is 5.97 Å². The lowest BCUT2D eigenvalue weighted by molar-refractivity contribution is -0.163. The minimum atomic E-state index is -1.13. The van der Waals surface area contributed by atoms with Crippen molar-refractivity contribution in [2.24, 2.45) is 11.8 Å². The number of hydrogen-bond donors (Lipinski definition) is 4. The standard InChI is InChI=1S/C22H34N4O6S/c1-12-17-16(13(2)28)21(30)26(17)18(22(31)32)19(12)33-14-10-15(23-11-14)20(29)25-5-3-4-24(6-7-25)8-9-27/h12-17,23,27-28H,3-11H2,1-2H3,(H,31,32)/t12?,13?,14?,15?,16?,17-/m0/s1. The van der Waals surface area contributed by atoms with E-state index in [2.05, 4.69) is 10.2 Å². The second kappa shape index (κ2) is 9.91. The van der Waals surface area contributed by atoms with Crippen molar-refractivity contribution in [3.63, 3.8) is 0 Å². The number of carbonyl (C=O) groups is 3. The predicted molar refractivity (Wildman–Crippen MR) is 122 cm³/mol. The van der Waals surface area contributed by atoms with Crippen LogP contribution >= 0.6 is 11.8 Å². The molecule has 33 heavy (non-hydrogen) atoms. The Morgan fingerprint density at radius 3 is 2.67 bits per heavy atom. The fourth-order valence-electron chi connectivity index (χ4n) is 5.62. The summed E-state index contributed by atoms with van der Waals surface area (Å²) in [6.45, 7) is 7.77. The van der Waals surface area contributed by atoms with Crippen LogP contribution in [-0.4, -0.2) is 117 Å². The summed E-state index contributed by atoms with van der Waals surface area (Å²) in [6, 6.07) is -0.627. The maximum absolute atomic E-state index is 13.1. The topological polar surface area (TPSA) is 134 Å². The molecule has 0 aromatic carbocycles. The first-order chi connectivity index (χ1) is 15.7. The maximum Gasteiger partial charge on any atom is 0.353 e. The molecule has 0 bridgehead atoms. The minimum Gasteiger partial charge on any atom is -0.477 e. The first kappa shape index (κ1) is 24.5. The molecular formula is C22H34N4O6S. The van der Waals surface area contributed by atoms with Crippen LogP contribution in [0.15, 0.2) is 10.6 Å². The van der Waals surface area contributed by atoms with E-state index >= 15 is 0 Å². The van der Waals surface area contributed by atoms with Crippen molar-refractivity contribution in [3.8, 4) is 0 Å². The number of β-amino-alcohol motifs (C(OH)–C–C–N with tert-alkyl or cyclic N) is 1. The molecule has 4 heterocycles. The number of carboxylic acids is 1. The van der Waals surface area contributed by atoms with Crippen LogP contribution in [0.5, 0.6) is 0 Å². The predicted octanol–water partition coefficient (Wildman–Crippen LogP) is -0.870. The molecule has 11 heteroatoms. The van der Waals surface area contributed by atoms with Crippen molar-refractivity contribution in [1.29, 1.82) is 0 Å². The van der Waals surface area contributed by atoms with Crippen molar-refractivity contribution in [2.45, 2.75) is 50.1 Å². The lowest BCUT2D eigenvalue weighted by Gasteiger charge is -2.46. The largest absolute Gasteiger partial charge is 0.477 e. The Labute approximate surface area is 198 Å². The normalized spacial score (nSPS) is 33.7. The molecule has 6 atom stereocenters. The highest BCUT2D eigenvalue weighted by atomic mass is 32.2. The molecule has 4 aliphatic rings. The van der Waals surface area contributed by atoms with Crippen LogP contribution in [0.2, 0.25) is 0 Å². The number of nitrogens with zero attached hydrogens (tertiary/aromatic N) is 3. The van der Waals surface area contributed by atoms with Gasteiger partial charge in [-0.25, -0.2) is 4.79 Å². The number of nitrogens with one attached hydrogen (secondary N) is 1. The Hall–Kier alpha value is -1.66. The van der Waals surface area contributed by atoms with E-state index in [4.69, 9.17) is 5.11 Å². The molecule has 4 aliphatic heterocycles. The Kier molecular flexibility index (Phi) is 7.35. The second-order valence-corrected chi connectivity index (χ2v) is 10.8. The molecule has 0 radical (unpaired) electrons. The zero-order chi connectivity index (χ0) is 23.9. The van der Waals surface area contributed by atoms with E-state index in [0.29, 0.717) is 37.5 Å². The van der Waals surface area contributed by atoms with E-state index in [0.717, 1.165) is 19.5 Å². The van der Waals surface area contributed by atoms with Crippen molar-refractivity contribution < 1.29 is 29.7 Å². The van der Waals surface area contributed by atoms with Crippen molar-refractivity contribution in [3.05, 3.63) is 10.6 Å². The number of hydrogen-bond acceptors (Lipinski definition) is 8. The SMILES string of the molecule is CC(O)C1C(=O)N2C(C(=O)O)=C(SC3CNC(C(=O)N4CCCN(CCO)CC4)C3)C(C)[C@@H]12. The summed E-state index contributed by atoms with van der Waals surface area (Å²) in [6.07, 6.45) is 0.651. The average molecular weight is 483 g/mol. The Morgan fingerprint density at radius 1 is 1.24 bits per heavy atom. The van der Waals surface area contributed by atoms with E-state index in [1.54, 1.807) is 6.92 Å². The molecule has 0 spiro atoms. The molecule has 0 saturated carbocycles. The van der Waals surface area contributed by atoms with Crippen molar-refractivity contribution in [1.82, 2.24) is 20.0 Å². The van der Waals surface area contributed by atoms with Crippen LogP contribution in [-0.2, 0) is 14.4 Å². The van der Waals surface area contributed by atoms with E-state index in [1.165, 1.54) is 16.7 Å². The zero-order valence-corrected chi connectivity index (χ0v) is 20.0. The molecule has 0 aromatic heterocycles. The summed E-state index contributed by atoms with van der Waals surface area (Å²) >= 11 is 1.46. The highest BCUT2D eigenvalue weighted by Gasteiger charge is 2.60. The fraction of sp³-hybridized carbons (Fsp3) is 0.773. The molecule has 2 amide bonds. The van der Waals surface area contributed by atoms with Crippen LogP contribution in [0.4, 0.5) is 0 Å². The highest BCUT2D eigenvalue weighted by molar-refractivity contribution is 8.03. The van der Waals surface area contributed by atoms with Gasteiger partial charge in [-0.1, -0.05) is 6.92 Å². The molecule has 3 saturated heterocycles. The third-order valence-electron chi connectivity index (χ3n) is 7.31. The van der Waals surface area contributed by atoms with Gasteiger partial charge in [0.2, 0.25) is 11.8 Å². The van der Waals surface area contributed by atoms with Gasteiger partial charge in [0.25, 0.3) is 0 Å². The third-order valence-corrected chi connectivity index (χ3v) is 8.82. The van der Waals surface area contributed by atoms with Crippen LogP contribution in [0.3, 0.4) is 0 Å². The quantitative estimate of drug-likeness (QED) is 0.342. The number of rotatable bonds is 7. The lowest BCUT2D eigenvalue weighted by atomic mass is 9.79. The van der Waals surface area contributed by atoms with Crippen molar-refractivity contribution >= 4 is 29.5 Å². The summed E-state index contributed by atoms with van der Waals surface area (Å²) < 4.78 is 0. The number of carboxylic acid groups (broad SMARTS) is 1. The molecule has 3 fully saturated rings. The zero-order valence-electron chi connectivity index (χ0n) is 19.1. The monoisotopic (exact) mass is 482 g/mol. The number of aliphatic hydroxyl groups excluding tert-OH is 2. The Morgan fingerprint density at radius 2 is 2.00 bits per heavy atom. The van der Waals surface area contributed by atoms with Gasteiger partial charge in [-0.3, -0.25) is 14.5 Å². The molecule has 4 N–H and O–H groups in total. The van der Waals surface area contributed by atoms with Crippen molar-refractivity contribution in [2.75, 3.05) is 45.9 Å². The van der Waals surface area contributed by atoms with Gasteiger partial charge in [0.15, 0.2) is 0 Å². The van der Waals surface area contributed by atoms with E-state index in [9.17, 15) is 24.6 Å². The maximum atomic E-state index is 13.1. The van der Waals surface area contributed by atoms with Gasteiger partial charge in [0.1, 0.15) is 5.70 Å². The van der Waals surface area contributed by atoms with Gasteiger partial charge in [0, 0.05) is 48.8 Å². The smallest absolute Gasteiger partial charge is 0.353 e. The number of amides is 2. The van der Waals surface area contributed by atoms with E-state index < -0.39 is 18.0 Å². The van der Waals surface area contributed by atoms with Gasteiger partial charge in [0.05, 0.1) is 30.7 Å². The third kappa shape index (κ3) is 4.53. The molecule has 10 nitrogen and oxygen atoms in total. The van der Waals surface area contributed by atoms with Crippen LogP contribution in [0, 0.1) is 11.8 Å². The minimum absolute atomic E-state index is 0.0300. The van der Waals surface area contributed by atoms with Gasteiger partial charge in [-0.15, -0.1) is 11.8 Å². The molecule has 184 valence electrons. The average Bonchev–Trinajstić information content (AvgIpc) is 3.22. The number of carbonyl (C=O) groups excluding carboxylic acids is 2. The number of β-lactam (4-membered cyclic amide) rings is 1. The first-order valence-electron chi connectivity index (χ1n) is 11.7. The van der Waals surface area contributed by atoms with E-state index in [1.807, 2.05) is 11.8 Å². The number of aliphatic hydroxyl groups is 2. The molecule has 0 aromatic rings. The number of fused-ring (bicyclic) bond motifs is 1. The van der Waals surface area contributed by atoms with Gasteiger partial charge in [-0.2, -0.15) is 0 Å². The molecule has 5 unspecified atom stereocenters. The van der Waals surface area contributed by atoms with Gasteiger partial charge < -0.3 is 30.4 Å². The number of aliphatic carboxylic acids is 1. The van der Waals surface area contributed by atoms with E-state index in [-0.39, 0.29) is 47.4 Å². The van der Waals surface area contributed by atoms with Crippen LogP contribution < -0.4 is 5.32 Å². The second-order valence-electron chi connectivity index (χ2n) is 9.45. The lowest BCUT2D eigenvalue weighted by Crippen LogP contribution is -2.63. The summed E-state index contributed by atoms with van der Waals surface area (Å²) in [4.78, 5) is 43.7.